The number of anilines is 1. The number of carbonyl (C=O) groups excluding carboxylic acids is 1. The summed E-state index contributed by atoms with van der Waals surface area (Å²) >= 11 is 0. The van der Waals surface area contributed by atoms with Crippen LogP contribution in [0, 0.1) is 0 Å². The highest BCUT2D eigenvalue weighted by molar-refractivity contribution is 7.89. The minimum Gasteiger partial charge on any atom is -0.484 e. The minimum absolute atomic E-state index is 0.128. The van der Waals surface area contributed by atoms with E-state index in [4.69, 9.17) is 9.47 Å². The maximum absolute atomic E-state index is 12.6. The first-order chi connectivity index (χ1) is 14.4. The Morgan fingerprint density at radius 3 is 2.33 bits per heavy atom. The predicted octanol–water partition coefficient (Wildman–Crippen LogP) is 3.24. The first-order valence-electron chi connectivity index (χ1n) is 10.1. The third kappa shape index (κ3) is 5.59. The summed E-state index contributed by atoms with van der Waals surface area (Å²) in [5, 5.41) is 2.72. The van der Waals surface area contributed by atoms with E-state index in [2.05, 4.69) is 19.2 Å². The average Bonchev–Trinajstić information content (AvgIpc) is 2.78. The van der Waals surface area contributed by atoms with E-state index in [-0.39, 0.29) is 17.4 Å². The molecule has 0 bridgehead atoms. The number of carbonyl (C=O) groups is 1. The SMILES string of the molecule is CCC(C)c1ccc(OCC(=O)Nc2ccc(S(=O)(=O)N3CCOCC3)cc2)cc1. The number of benzene rings is 2. The number of hydrogen-bond donors (Lipinski definition) is 1. The quantitative estimate of drug-likeness (QED) is 0.692. The molecule has 162 valence electrons. The van der Waals surface area contributed by atoms with Gasteiger partial charge in [0.2, 0.25) is 10.0 Å². The van der Waals surface area contributed by atoms with Crippen LogP contribution in [0.15, 0.2) is 53.4 Å². The van der Waals surface area contributed by atoms with Crippen LogP contribution in [0.25, 0.3) is 0 Å². The van der Waals surface area contributed by atoms with Gasteiger partial charge in [-0.15, -0.1) is 0 Å². The van der Waals surface area contributed by atoms with Gasteiger partial charge in [-0.3, -0.25) is 4.79 Å². The summed E-state index contributed by atoms with van der Waals surface area (Å²) in [5.41, 5.74) is 1.75. The van der Waals surface area contributed by atoms with Crippen molar-refractivity contribution < 1.29 is 22.7 Å². The molecule has 1 atom stereocenters. The zero-order chi connectivity index (χ0) is 21.6. The van der Waals surface area contributed by atoms with Gasteiger partial charge in [0, 0.05) is 18.8 Å². The number of rotatable bonds is 8. The number of nitrogens with one attached hydrogen (secondary N) is 1. The Bertz CT molecular complexity index is 936. The summed E-state index contributed by atoms with van der Waals surface area (Å²) in [6, 6.07) is 13.9. The molecule has 1 saturated heterocycles. The molecule has 0 spiro atoms. The molecule has 8 heteroatoms. The standard InChI is InChI=1S/C22H28N2O5S/c1-3-17(2)18-4-8-20(9-5-18)29-16-22(25)23-19-6-10-21(11-7-19)30(26,27)24-12-14-28-15-13-24/h4-11,17H,3,12-16H2,1-2H3,(H,23,25). The van der Waals surface area contributed by atoms with Gasteiger partial charge >= 0.3 is 0 Å². The summed E-state index contributed by atoms with van der Waals surface area (Å²) in [4.78, 5) is 12.4. The molecular weight excluding hydrogens is 404 g/mol. The molecule has 0 aliphatic carbocycles. The highest BCUT2D eigenvalue weighted by Gasteiger charge is 2.26. The van der Waals surface area contributed by atoms with Crippen molar-refractivity contribution in [3.63, 3.8) is 0 Å². The third-order valence-corrected chi connectivity index (χ3v) is 7.09. The monoisotopic (exact) mass is 432 g/mol. The molecule has 0 radical (unpaired) electrons. The van der Waals surface area contributed by atoms with Gasteiger partial charge in [0.05, 0.1) is 18.1 Å². The number of ether oxygens (including phenoxy) is 2. The number of nitrogens with zero attached hydrogens (tertiary/aromatic N) is 1. The fourth-order valence-electron chi connectivity index (χ4n) is 3.12. The van der Waals surface area contributed by atoms with E-state index in [0.29, 0.717) is 43.7 Å². The predicted molar refractivity (Wildman–Crippen MR) is 115 cm³/mol. The Kier molecular flexibility index (Phi) is 7.47. The second kappa shape index (κ2) is 10.1. The largest absolute Gasteiger partial charge is 0.484 e. The van der Waals surface area contributed by atoms with Gasteiger partial charge in [-0.25, -0.2) is 8.42 Å². The van der Waals surface area contributed by atoms with Crippen molar-refractivity contribution in [1.29, 1.82) is 0 Å². The smallest absolute Gasteiger partial charge is 0.262 e. The van der Waals surface area contributed by atoms with Crippen molar-refractivity contribution in [2.24, 2.45) is 0 Å². The molecule has 3 rings (SSSR count). The van der Waals surface area contributed by atoms with Gasteiger partial charge < -0.3 is 14.8 Å². The fourth-order valence-corrected chi connectivity index (χ4v) is 4.53. The van der Waals surface area contributed by atoms with Crippen molar-refractivity contribution in [2.45, 2.75) is 31.1 Å². The van der Waals surface area contributed by atoms with E-state index < -0.39 is 10.0 Å². The zero-order valence-corrected chi connectivity index (χ0v) is 18.2. The lowest BCUT2D eigenvalue weighted by atomic mass is 9.99. The van der Waals surface area contributed by atoms with Gasteiger partial charge in [-0.2, -0.15) is 4.31 Å². The van der Waals surface area contributed by atoms with Crippen LogP contribution < -0.4 is 10.1 Å². The van der Waals surface area contributed by atoms with Crippen LogP contribution in [0.4, 0.5) is 5.69 Å². The highest BCUT2D eigenvalue weighted by atomic mass is 32.2. The maximum atomic E-state index is 12.6. The molecule has 1 aliphatic rings. The Hall–Kier alpha value is -2.42. The molecule has 30 heavy (non-hydrogen) atoms. The Labute approximate surface area is 178 Å². The lowest BCUT2D eigenvalue weighted by Gasteiger charge is -2.26. The summed E-state index contributed by atoms with van der Waals surface area (Å²) in [6.45, 7) is 5.66. The van der Waals surface area contributed by atoms with E-state index in [1.807, 2.05) is 24.3 Å². The molecule has 1 fully saturated rings. The first kappa shape index (κ1) is 22.3. The van der Waals surface area contributed by atoms with Crippen molar-refractivity contribution in [3.05, 3.63) is 54.1 Å². The molecule has 1 unspecified atom stereocenters. The van der Waals surface area contributed by atoms with Crippen LogP contribution in [-0.2, 0) is 19.6 Å². The topological polar surface area (TPSA) is 84.9 Å². The van der Waals surface area contributed by atoms with Crippen molar-refractivity contribution in [1.82, 2.24) is 4.31 Å². The average molecular weight is 433 g/mol. The minimum atomic E-state index is -3.55. The summed E-state index contributed by atoms with van der Waals surface area (Å²) in [7, 11) is -3.55. The third-order valence-electron chi connectivity index (χ3n) is 5.18. The van der Waals surface area contributed by atoms with E-state index in [0.717, 1.165) is 6.42 Å². The molecule has 2 aromatic rings. The van der Waals surface area contributed by atoms with E-state index in [1.165, 1.54) is 22.0 Å². The number of morpholine rings is 1. The summed E-state index contributed by atoms with van der Waals surface area (Å²) < 4.78 is 37.4. The van der Waals surface area contributed by atoms with E-state index >= 15 is 0 Å². The van der Waals surface area contributed by atoms with Crippen LogP contribution in [0.1, 0.15) is 31.7 Å². The summed E-state index contributed by atoms with van der Waals surface area (Å²) in [6.07, 6.45) is 1.06. The van der Waals surface area contributed by atoms with E-state index in [9.17, 15) is 13.2 Å². The fraction of sp³-hybridized carbons (Fsp3) is 0.409. The van der Waals surface area contributed by atoms with Crippen LogP contribution >= 0.6 is 0 Å². The molecule has 1 amide bonds. The number of hydrogen-bond acceptors (Lipinski definition) is 5. The Morgan fingerprint density at radius 2 is 1.73 bits per heavy atom. The van der Waals surface area contributed by atoms with Gasteiger partial charge in [-0.05, 0) is 54.3 Å². The van der Waals surface area contributed by atoms with Crippen LogP contribution in [0.2, 0.25) is 0 Å². The van der Waals surface area contributed by atoms with Crippen molar-refractivity contribution in [2.75, 3.05) is 38.2 Å². The van der Waals surface area contributed by atoms with Crippen molar-refractivity contribution >= 4 is 21.6 Å². The highest BCUT2D eigenvalue weighted by Crippen LogP contribution is 2.22. The lowest BCUT2D eigenvalue weighted by molar-refractivity contribution is -0.118. The number of sulfonamides is 1. The van der Waals surface area contributed by atoms with Crippen molar-refractivity contribution in [3.8, 4) is 5.75 Å². The lowest BCUT2D eigenvalue weighted by Crippen LogP contribution is -2.40. The zero-order valence-electron chi connectivity index (χ0n) is 17.3. The van der Waals surface area contributed by atoms with Gasteiger partial charge in [0.25, 0.3) is 5.91 Å². The molecule has 2 aromatic carbocycles. The van der Waals surface area contributed by atoms with Crippen LogP contribution in [-0.4, -0.2) is 51.5 Å². The molecule has 7 nitrogen and oxygen atoms in total. The van der Waals surface area contributed by atoms with Gasteiger partial charge in [0.1, 0.15) is 5.75 Å². The number of amides is 1. The molecular formula is C22H28N2O5S. The van der Waals surface area contributed by atoms with Crippen LogP contribution in [0.5, 0.6) is 5.75 Å². The molecule has 1 aliphatic heterocycles. The summed E-state index contributed by atoms with van der Waals surface area (Å²) in [5.74, 6) is 0.798. The Morgan fingerprint density at radius 1 is 1.10 bits per heavy atom. The molecule has 1 heterocycles. The maximum Gasteiger partial charge on any atom is 0.262 e. The van der Waals surface area contributed by atoms with Gasteiger partial charge in [0.15, 0.2) is 6.61 Å². The van der Waals surface area contributed by atoms with E-state index in [1.54, 1.807) is 12.1 Å². The first-order valence-corrected chi connectivity index (χ1v) is 11.5. The second-order valence-electron chi connectivity index (χ2n) is 7.26. The molecule has 1 N–H and O–H groups in total. The van der Waals surface area contributed by atoms with Crippen LogP contribution in [0.3, 0.4) is 0 Å². The van der Waals surface area contributed by atoms with Gasteiger partial charge in [-0.1, -0.05) is 26.0 Å². The Balaban J connectivity index is 1.53. The molecule has 0 aromatic heterocycles. The second-order valence-corrected chi connectivity index (χ2v) is 9.19. The molecule has 0 saturated carbocycles. The normalized spacial score (nSPS) is 16.1.